The first kappa shape index (κ1) is 25.0. The first-order chi connectivity index (χ1) is 18.4. The third-order valence-corrected chi connectivity index (χ3v) is 6.82. The molecule has 0 bridgehead atoms. The van der Waals surface area contributed by atoms with Gasteiger partial charge in [-0.1, -0.05) is 29.5 Å². The van der Waals surface area contributed by atoms with Gasteiger partial charge in [-0.05, 0) is 48.4 Å². The average molecular weight is 532 g/mol. The van der Waals surface area contributed by atoms with E-state index in [0.29, 0.717) is 37.8 Å². The molecule has 2 aliphatic heterocycles. The van der Waals surface area contributed by atoms with Gasteiger partial charge in [0, 0.05) is 6.92 Å². The summed E-state index contributed by atoms with van der Waals surface area (Å²) in [7, 11) is 0. The van der Waals surface area contributed by atoms with Crippen LogP contribution in [-0.2, 0) is 14.3 Å². The van der Waals surface area contributed by atoms with E-state index in [4.69, 9.17) is 24.2 Å². The smallest absolute Gasteiger partial charge is 0.338 e. The van der Waals surface area contributed by atoms with Crippen molar-refractivity contribution >= 4 is 29.4 Å². The molecule has 5 rings (SSSR count). The van der Waals surface area contributed by atoms with Gasteiger partial charge in [0.25, 0.3) is 5.56 Å². The molecule has 0 N–H and O–H groups in total. The van der Waals surface area contributed by atoms with E-state index in [0.717, 1.165) is 5.56 Å². The maximum atomic E-state index is 13.7. The normalized spacial score (nSPS) is 15.9. The highest BCUT2D eigenvalue weighted by Crippen LogP contribution is 2.38. The molecule has 2 aromatic carbocycles. The van der Waals surface area contributed by atoms with Crippen molar-refractivity contribution in [2.75, 3.05) is 13.4 Å². The Bertz CT molecular complexity index is 1690. The highest BCUT2D eigenvalue weighted by molar-refractivity contribution is 7.07. The number of allylic oxidation sites excluding steroid dienone is 1. The molecular formula is C27H21N3O7S. The lowest BCUT2D eigenvalue weighted by Crippen LogP contribution is -2.40. The first-order valence-electron chi connectivity index (χ1n) is 11.6. The van der Waals surface area contributed by atoms with Gasteiger partial charge in [0.15, 0.2) is 16.3 Å². The van der Waals surface area contributed by atoms with Gasteiger partial charge in [-0.25, -0.2) is 9.79 Å². The topological polar surface area (TPSA) is 129 Å². The summed E-state index contributed by atoms with van der Waals surface area (Å²) < 4.78 is 23.2. The third kappa shape index (κ3) is 4.81. The number of aromatic nitrogens is 1. The van der Waals surface area contributed by atoms with E-state index in [-0.39, 0.29) is 31.0 Å². The fourth-order valence-electron chi connectivity index (χ4n) is 4.20. The van der Waals surface area contributed by atoms with Gasteiger partial charge < -0.3 is 18.9 Å². The molecule has 0 fully saturated rings. The summed E-state index contributed by atoms with van der Waals surface area (Å²) in [5.41, 5.74) is 1.61. The van der Waals surface area contributed by atoms with Gasteiger partial charge in [-0.15, -0.1) is 0 Å². The van der Waals surface area contributed by atoms with Gasteiger partial charge in [0.2, 0.25) is 6.79 Å². The van der Waals surface area contributed by atoms with Gasteiger partial charge >= 0.3 is 11.9 Å². The third-order valence-electron chi connectivity index (χ3n) is 5.84. The standard InChI is InChI=1S/C27H21N3O7S/c1-15-23(26(33)34-11-3-10-28)24(18-6-9-20-21(13-18)36-14-35-20)30-25(32)22(38-27(30)29-15)12-17-4-7-19(8-5-17)37-16(2)31/h4-9,12-13,24H,3,11,14H2,1-2H3/b22-12-. The number of nitriles is 1. The van der Waals surface area contributed by atoms with E-state index in [1.165, 1.54) is 22.8 Å². The summed E-state index contributed by atoms with van der Waals surface area (Å²) in [5.74, 6) is 0.391. The summed E-state index contributed by atoms with van der Waals surface area (Å²) >= 11 is 1.19. The van der Waals surface area contributed by atoms with E-state index in [9.17, 15) is 14.4 Å². The predicted octanol–water partition coefficient (Wildman–Crippen LogP) is 2.35. The van der Waals surface area contributed by atoms with Gasteiger partial charge in [-0.3, -0.25) is 14.2 Å². The van der Waals surface area contributed by atoms with Crippen molar-refractivity contribution in [3.05, 3.63) is 84.5 Å². The number of hydrogen-bond donors (Lipinski definition) is 0. The molecule has 3 aromatic rings. The minimum Gasteiger partial charge on any atom is -0.461 e. The molecule has 0 aliphatic carbocycles. The van der Waals surface area contributed by atoms with Crippen LogP contribution in [0, 0.1) is 11.3 Å². The second kappa shape index (κ2) is 10.4. The van der Waals surface area contributed by atoms with Crippen LogP contribution in [0.1, 0.15) is 37.4 Å². The van der Waals surface area contributed by atoms with Crippen molar-refractivity contribution in [3.8, 4) is 23.3 Å². The Morgan fingerprint density at radius 1 is 1.21 bits per heavy atom. The largest absolute Gasteiger partial charge is 0.461 e. The van der Waals surface area contributed by atoms with Crippen LogP contribution in [-0.4, -0.2) is 29.9 Å². The molecule has 1 atom stereocenters. The summed E-state index contributed by atoms with van der Waals surface area (Å²) in [6, 6.07) is 13.1. The number of rotatable bonds is 6. The zero-order chi connectivity index (χ0) is 26.8. The lowest BCUT2D eigenvalue weighted by atomic mass is 9.95. The van der Waals surface area contributed by atoms with E-state index in [1.807, 2.05) is 6.07 Å². The Labute approximate surface area is 220 Å². The van der Waals surface area contributed by atoms with Crippen LogP contribution < -0.4 is 29.1 Å². The van der Waals surface area contributed by atoms with Crippen LogP contribution >= 0.6 is 11.3 Å². The molecule has 0 saturated heterocycles. The van der Waals surface area contributed by atoms with Crippen LogP contribution in [0.15, 0.2) is 63.5 Å². The number of nitrogens with zero attached hydrogens (tertiary/aromatic N) is 3. The summed E-state index contributed by atoms with van der Waals surface area (Å²) in [6.45, 7) is 3.01. The van der Waals surface area contributed by atoms with Crippen molar-refractivity contribution < 1.29 is 28.5 Å². The zero-order valence-electron chi connectivity index (χ0n) is 20.4. The molecule has 1 unspecified atom stereocenters. The number of ether oxygens (including phenoxy) is 4. The lowest BCUT2D eigenvalue weighted by molar-refractivity contribution is -0.139. The van der Waals surface area contributed by atoms with Crippen LogP contribution in [0.5, 0.6) is 17.2 Å². The van der Waals surface area contributed by atoms with Crippen LogP contribution in [0.4, 0.5) is 0 Å². The van der Waals surface area contributed by atoms with E-state index in [1.54, 1.807) is 55.5 Å². The molecular weight excluding hydrogens is 510 g/mol. The van der Waals surface area contributed by atoms with Crippen molar-refractivity contribution in [2.45, 2.75) is 26.3 Å². The van der Waals surface area contributed by atoms with Crippen molar-refractivity contribution in [2.24, 2.45) is 4.99 Å². The lowest BCUT2D eigenvalue weighted by Gasteiger charge is -2.24. The Morgan fingerprint density at radius 3 is 2.71 bits per heavy atom. The predicted molar refractivity (Wildman–Crippen MR) is 135 cm³/mol. The van der Waals surface area contributed by atoms with E-state index in [2.05, 4.69) is 4.99 Å². The number of carbonyl (C=O) groups excluding carboxylic acids is 2. The fourth-order valence-corrected chi connectivity index (χ4v) is 5.24. The van der Waals surface area contributed by atoms with Gasteiger partial charge in [0.1, 0.15) is 12.4 Å². The van der Waals surface area contributed by atoms with E-state index >= 15 is 0 Å². The number of hydrogen-bond acceptors (Lipinski definition) is 10. The molecule has 0 saturated carbocycles. The Hall–Kier alpha value is -4.69. The monoisotopic (exact) mass is 531 g/mol. The molecule has 10 nitrogen and oxygen atoms in total. The van der Waals surface area contributed by atoms with E-state index < -0.39 is 18.0 Å². The minimum atomic E-state index is -0.830. The molecule has 1 aromatic heterocycles. The molecule has 38 heavy (non-hydrogen) atoms. The second-order valence-corrected chi connectivity index (χ2v) is 9.41. The summed E-state index contributed by atoms with van der Waals surface area (Å²) in [6.07, 6.45) is 1.76. The van der Waals surface area contributed by atoms with Crippen LogP contribution in [0.25, 0.3) is 6.08 Å². The molecule has 2 aliphatic rings. The molecule has 192 valence electrons. The zero-order valence-corrected chi connectivity index (χ0v) is 21.2. The number of thiazole rings is 1. The number of benzene rings is 2. The Balaban J connectivity index is 1.62. The van der Waals surface area contributed by atoms with Crippen LogP contribution in [0.3, 0.4) is 0 Å². The number of esters is 2. The molecule has 11 heteroatoms. The number of fused-ring (bicyclic) bond motifs is 2. The molecule has 0 radical (unpaired) electrons. The Morgan fingerprint density at radius 2 is 1.97 bits per heavy atom. The quantitative estimate of drug-likeness (QED) is 0.269. The van der Waals surface area contributed by atoms with Crippen molar-refractivity contribution in [1.82, 2.24) is 4.57 Å². The summed E-state index contributed by atoms with van der Waals surface area (Å²) in [5, 5.41) is 8.84. The van der Waals surface area contributed by atoms with Crippen LogP contribution in [0.2, 0.25) is 0 Å². The average Bonchev–Trinajstić information content (AvgIpc) is 3.48. The summed E-state index contributed by atoms with van der Waals surface area (Å²) in [4.78, 5) is 43.1. The van der Waals surface area contributed by atoms with Crippen molar-refractivity contribution in [3.63, 3.8) is 0 Å². The highest BCUT2D eigenvalue weighted by Gasteiger charge is 2.34. The highest BCUT2D eigenvalue weighted by atomic mass is 32.1. The van der Waals surface area contributed by atoms with Gasteiger partial charge in [-0.2, -0.15) is 5.26 Å². The van der Waals surface area contributed by atoms with Crippen molar-refractivity contribution in [1.29, 1.82) is 5.26 Å². The fraction of sp³-hybridized carbons (Fsp3) is 0.222. The Kier molecular flexibility index (Phi) is 6.81. The maximum absolute atomic E-state index is 13.7. The molecule has 0 spiro atoms. The SMILES string of the molecule is CC(=O)Oc1ccc(/C=c2\sc3n(c2=O)C(c2ccc4c(c2)OCO4)C(C(=O)OCCC#N)=C(C)N=3)cc1. The molecule has 3 heterocycles. The van der Waals surface area contributed by atoms with Gasteiger partial charge in [0.05, 0.1) is 34.3 Å². The second-order valence-electron chi connectivity index (χ2n) is 8.40. The number of carbonyl (C=O) groups is 2. The first-order valence-corrected chi connectivity index (χ1v) is 12.4. The molecule has 0 amide bonds. The minimum absolute atomic E-state index is 0.0445. The maximum Gasteiger partial charge on any atom is 0.338 e.